The van der Waals surface area contributed by atoms with E-state index in [9.17, 15) is 4.79 Å². The second-order valence-corrected chi connectivity index (χ2v) is 5.94. The predicted octanol–water partition coefficient (Wildman–Crippen LogP) is 4.47. The van der Waals surface area contributed by atoms with Crippen molar-refractivity contribution in [2.75, 3.05) is 6.61 Å². The van der Waals surface area contributed by atoms with Crippen LogP contribution in [-0.2, 0) is 11.3 Å². The molecular weight excluding hydrogens is 312 g/mol. The first-order valence-electron chi connectivity index (χ1n) is 8.54. The van der Waals surface area contributed by atoms with Crippen LogP contribution in [-0.4, -0.2) is 22.1 Å². The molecule has 0 amide bonds. The van der Waals surface area contributed by atoms with Gasteiger partial charge in [0.15, 0.2) is 5.69 Å². The molecule has 0 unspecified atom stereocenters. The van der Waals surface area contributed by atoms with Crippen molar-refractivity contribution in [1.29, 1.82) is 0 Å². The molecule has 0 bridgehead atoms. The molecule has 4 nitrogen and oxygen atoms in total. The summed E-state index contributed by atoms with van der Waals surface area (Å²) in [7, 11) is 0. The molecule has 25 heavy (non-hydrogen) atoms. The van der Waals surface area contributed by atoms with Crippen LogP contribution in [0.5, 0.6) is 0 Å². The van der Waals surface area contributed by atoms with E-state index >= 15 is 0 Å². The van der Waals surface area contributed by atoms with E-state index in [1.54, 1.807) is 0 Å². The molecule has 1 aromatic heterocycles. The van der Waals surface area contributed by atoms with Crippen molar-refractivity contribution in [3.63, 3.8) is 0 Å². The molecule has 3 rings (SSSR count). The van der Waals surface area contributed by atoms with Crippen LogP contribution in [0.25, 0.3) is 11.4 Å². The van der Waals surface area contributed by atoms with Crippen molar-refractivity contribution in [3.05, 3.63) is 77.6 Å². The summed E-state index contributed by atoms with van der Waals surface area (Å²) in [6, 6.07) is 20.1. The van der Waals surface area contributed by atoms with E-state index in [1.165, 1.54) is 0 Å². The van der Waals surface area contributed by atoms with Gasteiger partial charge in [-0.05, 0) is 18.9 Å². The van der Waals surface area contributed by atoms with Gasteiger partial charge in [0.25, 0.3) is 0 Å². The van der Waals surface area contributed by atoms with Gasteiger partial charge in [-0.25, -0.2) is 9.78 Å². The van der Waals surface area contributed by atoms with Crippen molar-refractivity contribution in [2.24, 2.45) is 0 Å². The smallest absolute Gasteiger partial charge is 0.358 e. The lowest BCUT2D eigenvalue weighted by molar-refractivity contribution is 0.0498. The number of hydrogen-bond acceptors (Lipinski definition) is 3. The molecule has 0 saturated heterocycles. The minimum atomic E-state index is -0.358. The summed E-state index contributed by atoms with van der Waals surface area (Å²) in [5.41, 5.74) is 3.36. The summed E-state index contributed by atoms with van der Waals surface area (Å²) in [5.74, 6) is 0.425. The maximum absolute atomic E-state index is 12.4. The normalized spacial score (nSPS) is 10.6. The minimum Gasteiger partial charge on any atom is -0.461 e. The van der Waals surface area contributed by atoms with E-state index in [2.05, 4.69) is 21.7 Å². The number of carbonyl (C=O) groups excluding carboxylic acids is 1. The first kappa shape index (κ1) is 17.0. The molecule has 0 aliphatic carbocycles. The van der Waals surface area contributed by atoms with Gasteiger partial charge in [-0.3, -0.25) is 0 Å². The van der Waals surface area contributed by atoms with Gasteiger partial charge in [0.2, 0.25) is 0 Å². The Balaban J connectivity index is 2.04. The number of esters is 1. The summed E-state index contributed by atoms with van der Waals surface area (Å²) >= 11 is 0. The highest BCUT2D eigenvalue weighted by molar-refractivity contribution is 5.89. The Hall–Kier alpha value is -2.88. The number of carbonyl (C=O) groups is 1. The number of rotatable bonds is 6. The number of ether oxygens (including phenoxy) is 1. The lowest BCUT2D eigenvalue weighted by Gasteiger charge is -2.10. The predicted molar refractivity (Wildman–Crippen MR) is 98.5 cm³/mol. The van der Waals surface area contributed by atoms with E-state index < -0.39 is 0 Å². The molecule has 0 radical (unpaired) electrons. The summed E-state index contributed by atoms with van der Waals surface area (Å²) in [6.45, 7) is 4.96. The first-order valence-corrected chi connectivity index (χ1v) is 8.54. The molecule has 3 aromatic rings. The largest absolute Gasteiger partial charge is 0.461 e. The fraction of sp³-hybridized carbons (Fsp3) is 0.238. The second kappa shape index (κ2) is 7.79. The average molecular weight is 334 g/mol. The van der Waals surface area contributed by atoms with Crippen LogP contribution in [0.2, 0.25) is 0 Å². The van der Waals surface area contributed by atoms with Gasteiger partial charge in [-0.15, -0.1) is 0 Å². The van der Waals surface area contributed by atoms with Gasteiger partial charge in [0.05, 0.1) is 6.61 Å². The van der Waals surface area contributed by atoms with Gasteiger partial charge in [0, 0.05) is 17.8 Å². The fourth-order valence-corrected chi connectivity index (χ4v) is 2.76. The lowest BCUT2D eigenvalue weighted by atomic mass is 10.2. The van der Waals surface area contributed by atoms with E-state index in [0.29, 0.717) is 18.8 Å². The van der Waals surface area contributed by atoms with Gasteiger partial charge in [-0.2, -0.15) is 0 Å². The number of nitrogens with zero attached hydrogens (tertiary/aromatic N) is 2. The fourth-order valence-electron chi connectivity index (χ4n) is 2.76. The molecule has 0 saturated carbocycles. The highest BCUT2D eigenvalue weighted by Crippen LogP contribution is 2.24. The number of imidazole rings is 1. The molecule has 0 aliphatic rings. The monoisotopic (exact) mass is 334 g/mol. The standard InChI is InChI=1S/C21H22N2O2/c1-3-14-25-21(24)19-16(2)23(15-17-10-6-4-7-11-17)20(22-19)18-12-8-5-9-13-18/h4-13H,3,14-15H2,1-2H3. The first-order chi connectivity index (χ1) is 12.2. The molecule has 0 fully saturated rings. The van der Waals surface area contributed by atoms with Crippen molar-refractivity contribution in [3.8, 4) is 11.4 Å². The third kappa shape index (κ3) is 3.79. The van der Waals surface area contributed by atoms with Crippen molar-refractivity contribution in [2.45, 2.75) is 26.8 Å². The SMILES string of the molecule is CCCOC(=O)c1nc(-c2ccccc2)n(Cc2ccccc2)c1C. The van der Waals surface area contributed by atoms with Crippen LogP contribution in [0.1, 0.15) is 35.1 Å². The Morgan fingerprint density at radius 1 is 1.04 bits per heavy atom. The zero-order valence-electron chi connectivity index (χ0n) is 14.6. The molecular formula is C21H22N2O2. The number of benzene rings is 2. The molecule has 4 heteroatoms. The van der Waals surface area contributed by atoms with Gasteiger partial charge >= 0.3 is 5.97 Å². The highest BCUT2D eigenvalue weighted by atomic mass is 16.5. The highest BCUT2D eigenvalue weighted by Gasteiger charge is 2.21. The number of hydrogen-bond donors (Lipinski definition) is 0. The minimum absolute atomic E-state index is 0.358. The maximum atomic E-state index is 12.4. The molecule has 1 heterocycles. The lowest BCUT2D eigenvalue weighted by Crippen LogP contribution is -2.09. The summed E-state index contributed by atoms with van der Waals surface area (Å²) in [6.07, 6.45) is 0.793. The Labute approximate surface area is 148 Å². The molecule has 0 N–H and O–H groups in total. The van der Waals surface area contributed by atoms with Crippen LogP contribution in [0.3, 0.4) is 0 Å². The van der Waals surface area contributed by atoms with Gasteiger partial charge in [-0.1, -0.05) is 67.6 Å². The Morgan fingerprint density at radius 3 is 2.32 bits per heavy atom. The number of aromatic nitrogens is 2. The van der Waals surface area contributed by atoms with Crippen molar-refractivity contribution < 1.29 is 9.53 Å². The van der Waals surface area contributed by atoms with Crippen LogP contribution < -0.4 is 0 Å². The third-order valence-electron chi connectivity index (χ3n) is 4.07. The van der Waals surface area contributed by atoms with E-state index in [-0.39, 0.29) is 5.97 Å². The Kier molecular flexibility index (Phi) is 5.29. The zero-order chi connectivity index (χ0) is 17.6. The van der Waals surface area contributed by atoms with Crippen LogP contribution in [0.4, 0.5) is 0 Å². The van der Waals surface area contributed by atoms with Gasteiger partial charge < -0.3 is 9.30 Å². The molecule has 0 spiro atoms. The Morgan fingerprint density at radius 2 is 1.68 bits per heavy atom. The Bertz CT molecular complexity index is 839. The molecule has 2 aromatic carbocycles. The molecule has 128 valence electrons. The van der Waals surface area contributed by atoms with Crippen LogP contribution >= 0.6 is 0 Å². The maximum Gasteiger partial charge on any atom is 0.358 e. The summed E-state index contributed by atoms with van der Waals surface area (Å²) in [4.78, 5) is 17.0. The van der Waals surface area contributed by atoms with Crippen LogP contribution in [0.15, 0.2) is 60.7 Å². The van der Waals surface area contributed by atoms with Crippen LogP contribution in [0, 0.1) is 6.92 Å². The summed E-state index contributed by atoms with van der Waals surface area (Å²) < 4.78 is 7.37. The zero-order valence-corrected chi connectivity index (χ0v) is 14.6. The van der Waals surface area contributed by atoms with E-state index in [1.807, 2.05) is 62.4 Å². The third-order valence-corrected chi connectivity index (χ3v) is 4.07. The summed E-state index contributed by atoms with van der Waals surface area (Å²) in [5, 5.41) is 0. The van der Waals surface area contributed by atoms with E-state index in [0.717, 1.165) is 29.1 Å². The average Bonchev–Trinajstić information content (AvgIpc) is 2.98. The quantitative estimate of drug-likeness (QED) is 0.625. The van der Waals surface area contributed by atoms with Crippen molar-refractivity contribution in [1.82, 2.24) is 9.55 Å². The van der Waals surface area contributed by atoms with Gasteiger partial charge in [0.1, 0.15) is 5.82 Å². The second-order valence-electron chi connectivity index (χ2n) is 5.94. The van der Waals surface area contributed by atoms with E-state index in [4.69, 9.17) is 4.74 Å². The van der Waals surface area contributed by atoms with Crippen molar-refractivity contribution >= 4 is 5.97 Å². The molecule has 0 aliphatic heterocycles. The topological polar surface area (TPSA) is 44.1 Å². The molecule has 0 atom stereocenters.